The van der Waals surface area contributed by atoms with Crippen molar-refractivity contribution in [1.29, 1.82) is 0 Å². The molecular weight excluding hydrogens is 443 g/mol. The topological polar surface area (TPSA) is 111 Å². The highest BCUT2D eigenvalue weighted by Crippen LogP contribution is 2.23. The van der Waals surface area contributed by atoms with Gasteiger partial charge in [-0.2, -0.15) is 5.10 Å². The molecule has 1 atom stereocenters. The van der Waals surface area contributed by atoms with Gasteiger partial charge in [0.2, 0.25) is 0 Å². The number of rotatable bonds is 4. The number of aryl methyl sites for hydroxylation is 3. The van der Waals surface area contributed by atoms with E-state index in [2.05, 4.69) is 41.4 Å². The van der Waals surface area contributed by atoms with Crippen molar-refractivity contribution in [2.24, 2.45) is 22.4 Å². The smallest absolute Gasteiger partial charge is 0.252 e. The average Bonchev–Trinajstić information content (AvgIpc) is 3.00. The first-order valence-corrected chi connectivity index (χ1v) is 8.42. The number of anilines is 1. The van der Waals surface area contributed by atoms with Crippen LogP contribution in [0.15, 0.2) is 29.4 Å². The maximum absolute atomic E-state index is 11.5. The van der Waals surface area contributed by atoms with E-state index in [1.54, 1.807) is 6.20 Å². The van der Waals surface area contributed by atoms with Crippen molar-refractivity contribution in [1.82, 2.24) is 9.78 Å². The molecule has 2 heterocycles. The molecule has 1 aromatic heterocycles. The molecule has 8 heteroatoms. The number of nitrogens with zero attached hydrogens (tertiary/aromatic N) is 3. The Kier molecular flexibility index (Phi) is 6.63. The van der Waals surface area contributed by atoms with Gasteiger partial charge in [-0.15, -0.1) is 24.0 Å². The molecule has 0 spiro atoms. The molecule has 1 unspecified atom stereocenters. The second-order valence-electron chi connectivity index (χ2n) is 6.60. The van der Waals surface area contributed by atoms with Crippen LogP contribution < -0.4 is 16.8 Å². The van der Waals surface area contributed by atoms with E-state index < -0.39 is 5.91 Å². The Morgan fingerprint density at radius 2 is 2.12 bits per heavy atom. The average molecular weight is 468 g/mol. The summed E-state index contributed by atoms with van der Waals surface area (Å²) in [6.45, 7) is 5.51. The van der Waals surface area contributed by atoms with Crippen molar-refractivity contribution in [3.63, 3.8) is 0 Å². The highest BCUT2D eigenvalue weighted by Gasteiger charge is 2.24. The molecular formula is C18H25IN6O. The molecule has 0 aliphatic carbocycles. The monoisotopic (exact) mass is 468 g/mol. The van der Waals surface area contributed by atoms with Gasteiger partial charge < -0.3 is 16.8 Å². The molecule has 26 heavy (non-hydrogen) atoms. The number of aliphatic imine (C=N–C) groups is 1. The lowest BCUT2D eigenvalue weighted by Gasteiger charge is -2.22. The van der Waals surface area contributed by atoms with Crippen LogP contribution in [0.4, 0.5) is 5.69 Å². The second-order valence-corrected chi connectivity index (χ2v) is 6.60. The summed E-state index contributed by atoms with van der Waals surface area (Å²) >= 11 is 0. The molecule has 0 bridgehead atoms. The first kappa shape index (κ1) is 20.2. The van der Waals surface area contributed by atoms with Crippen LogP contribution in [0, 0.1) is 19.8 Å². The Labute approximate surface area is 170 Å². The van der Waals surface area contributed by atoms with Crippen molar-refractivity contribution in [3.05, 3.63) is 46.8 Å². The van der Waals surface area contributed by atoms with E-state index in [1.165, 1.54) is 11.1 Å². The Morgan fingerprint density at radius 3 is 2.81 bits per heavy atom. The zero-order valence-electron chi connectivity index (χ0n) is 15.0. The number of aromatic nitrogens is 2. The lowest BCUT2D eigenvalue weighted by Crippen LogP contribution is -2.27. The van der Waals surface area contributed by atoms with Crippen LogP contribution in [0.5, 0.6) is 0 Å². The van der Waals surface area contributed by atoms with Gasteiger partial charge in [-0.05, 0) is 55.9 Å². The van der Waals surface area contributed by atoms with E-state index in [0.29, 0.717) is 24.0 Å². The molecule has 3 rings (SSSR count). The van der Waals surface area contributed by atoms with Crippen LogP contribution in [0.2, 0.25) is 0 Å². The van der Waals surface area contributed by atoms with Crippen LogP contribution in [0.25, 0.3) is 0 Å². The number of hydrogen-bond acceptors (Lipinski definition) is 3. The molecule has 5 N–H and O–H groups in total. The third kappa shape index (κ3) is 4.54. The van der Waals surface area contributed by atoms with Crippen LogP contribution in [0.1, 0.15) is 33.6 Å². The minimum absolute atomic E-state index is 0. The molecule has 1 amide bonds. The molecule has 0 saturated heterocycles. The van der Waals surface area contributed by atoms with Crippen molar-refractivity contribution in [2.75, 3.05) is 11.9 Å². The number of guanidine groups is 1. The van der Waals surface area contributed by atoms with E-state index in [1.807, 2.05) is 10.7 Å². The predicted molar refractivity (Wildman–Crippen MR) is 114 cm³/mol. The molecule has 0 radical (unpaired) electrons. The summed E-state index contributed by atoms with van der Waals surface area (Å²) < 4.78 is 1.86. The molecule has 1 aromatic carbocycles. The summed E-state index contributed by atoms with van der Waals surface area (Å²) in [4.78, 5) is 15.9. The first-order chi connectivity index (χ1) is 11.9. The number of primary amides is 1. The minimum Gasteiger partial charge on any atom is -0.370 e. The van der Waals surface area contributed by atoms with E-state index in [9.17, 15) is 4.79 Å². The summed E-state index contributed by atoms with van der Waals surface area (Å²) in [7, 11) is 0. The molecule has 1 aliphatic rings. The highest BCUT2D eigenvalue weighted by atomic mass is 127. The minimum atomic E-state index is -0.429. The zero-order chi connectivity index (χ0) is 18.0. The fourth-order valence-electron chi connectivity index (χ4n) is 3.09. The molecule has 0 fully saturated rings. The van der Waals surface area contributed by atoms with Gasteiger partial charge >= 0.3 is 0 Å². The fraction of sp³-hybridized carbons (Fsp3) is 0.389. The maximum Gasteiger partial charge on any atom is 0.252 e. The largest absolute Gasteiger partial charge is 0.370 e. The van der Waals surface area contributed by atoms with Crippen molar-refractivity contribution < 1.29 is 4.79 Å². The number of nitrogens with two attached hydrogens (primary N) is 2. The fourth-order valence-corrected chi connectivity index (χ4v) is 3.09. The van der Waals surface area contributed by atoms with E-state index in [0.717, 1.165) is 30.8 Å². The number of carbonyl (C=O) groups is 1. The lowest BCUT2D eigenvalue weighted by atomic mass is 9.94. The van der Waals surface area contributed by atoms with Gasteiger partial charge in [0.15, 0.2) is 5.96 Å². The Balaban J connectivity index is 0.00000243. The Bertz CT molecular complexity index is 829. The SMILES string of the molecule is Cc1ccc(NC(N)=NCC2CCn3ncc(C(N)=O)c3C2)cc1C.I. The van der Waals surface area contributed by atoms with Crippen LogP contribution in [-0.2, 0) is 13.0 Å². The number of halogens is 1. The van der Waals surface area contributed by atoms with E-state index >= 15 is 0 Å². The summed E-state index contributed by atoms with van der Waals surface area (Å²) in [5, 5.41) is 7.35. The molecule has 1 aliphatic heterocycles. The normalized spacial score (nSPS) is 16.5. The maximum atomic E-state index is 11.5. The van der Waals surface area contributed by atoms with Gasteiger partial charge in [-0.1, -0.05) is 6.07 Å². The summed E-state index contributed by atoms with van der Waals surface area (Å²) in [5.41, 5.74) is 16.2. The van der Waals surface area contributed by atoms with Crippen molar-refractivity contribution in [3.8, 4) is 0 Å². The van der Waals surface area contributed by atoms with E-state index in [4.69, 9.17) is 11.5 Å². The third-order valence-electron chi connectivity index (χ3n) is 4.74. The summed E-state index contributed by atoms with van der Waals surface area (Å²) in [6.07, 6.45) is 3.24. The summed E-state index contributed by atoms with van der Waals surface area (Å²) in [5.74, 6) is 0.293. The number of carbonyl (C=O) groups excluding carboxylic acids is 1. The number of nitrogens with one attached hydrogen (secondary N) is 1. The lowest BCUT2D eigenvalue weighted by molar-refractivity contribution is 0.0998. The highest BCUT2D eigenvalue weighted by molar-refractivity contribution is 14.0. The summed E-state index contributed by atoms with van der Waals surface area (Å²) in [6, 6.07) is 6.09. The van der Waals surface area contributed by atoms with E-state index in [-0.39, 0.29) is 24.0 Å². The second kappa shape index (κ2) is 8.52. The molecule has 0 saturated carbocycles. The quantitative estimate of drug-likeness (QED) is 0.363. The number of hydrogen-bond donors (Lipinski definition) is 3. The van der Waals surface area contributed by atoms with Gasteiger partial charge in [0.05, 0.1) is 17.5 Å². The standard InChI is InChI=1S/C18H24N6O.HI/c1-11-3-4-14(7-12(11)2)23-18(20)21-9-13-5-6-24-16(8-13)15(10-22-24)17(19)25;/h3-4,7,10,13H,5-6,8-9H2,1-2H3,(H2,19,25)(H3,20,21,23);1H. The predicted octanol–water partition coefficient (Wildman–Crippen LogP) is 2.21. The number of fused-ring (bicyclic) bond motifs is 1. The molecule has 140 valence electrons. The number of benzene rings is 1. The van der Waals surface area contributed by atoms with Crippen LogP contribution in [0.3, 0.4) is 0 Å². The molecule has 2 aromatic rings. The van der Waals surface area contributed by atoms with Crippen molar-refractivity contribution in [2.45, 2.75) is 33.2 Å². The van der Waals surface area contributed by atoms with Gasteiger partial charge in [-0.25, -0.2) is 0 Å². The van der Waals surface area contributed by atoms with Crippen LogP contribution >= 0.6 is 24.0 Å². The van der Waals surface area contributed by atoms with Crippen molar-refractivity contribution >= 4 is 41.5 Å². The first-order valence-electron chi connectivity index (χ1n) is 8.42. The van der Waals surface area contributed by atoms with Gasteiger partial charge in [0, 0.05) is 18.8 Å². The molecule has 7 nitrogen and oxygen atoms in total. The van der Waals surface area contributed by atoms with Gasteiger partial charge in [0.1, 0.15) is 0 Å². The van der Waals surface area contributed by atoms with Gasteiger partial charge in [-0.3, -0.25) is 14.5 Å². The van der Waals surface area contributed by atoms with Crippen LogP contribution in [-0.4, -0.2) is 28.2 Å². The number of amides is 1. The van der Waals surface area contributed by atoms with Gasteiger partial charge in [0.25, 0.3) is 5.91 Å². The Hall–Kier alpha value is -2.10. The zero-order valence-corrected chi connectivity index (χ0v) is 17.4. The Morgan fingerprint density at radius 1 is 1.35 bits per heavy atom. The third-order valence-corrected chi connectivity index (χ3v) is 4.74.